The zero-order chi connectivity index (χ0) is 14.5. The molecular formula is C16H26O4. The van der Waals surface area contributed by atoms with Crippen molar-refractivity contribution in [2.75, 3.05) is 0 Å². The van der Waals surface area contributed by atoms with Gasteiger partial charge in [-0.05, 0) is 33.1 Å². The molecule has 3 aliphatic heterocycles. The molecule has 0 amide bonds. The SMILES string of the molecule is CC(C)OC(=O)[C@H]1O[C@@H]2OC3(CCCC3)[C@H]1CC2(C)C. The van der Waals surface area contributed by atoms with Gasteiger partial charge in [-0.15, -0.1) is 0 Å². The van der Waals surface area contributed by atoms with Gasteiger partial charge in [0.05, 0.1) is 11.7 Å². The molecule has 114 valence electrons. The van der Waals surface area contributed by atoms with Crippen molar-refractivity contribution >= 4 is 5.97 Å². The van der Waals surface area contributed by atoms with Gasteiger partial charge in [0.25, 0.3) is 0 Å². The average molecular weight is 282 g/mol. The van der Waals surface area contributed by atoms with Crippen LogP contribution in [-0.2, 0) is 19.0 Å². The predicted octanol–water partition coefficient (Wildman–Crippen LogP) is 3.04. The third-order valence-electron chi connectivity index (χ3n) is 5.07. The summed E-state index contributed by atoms with van der Waals surface area (Å²) in [5, 5.41) is 0. The van der Waals surface area contributed by atoms with E-state index in [1.54, 1.807) is 0 Å². The molecular weight excluding hydrogens is 256 g/mol. The summed E-state index contributed by atoms with van der Waals surface area (Å²) in [6, 6.07) is 0. The van der Waals surface area contributed by atoms with Crippen LogP contribution in [0.15, 0.2) is 0 Å². The molecule has 0 N–H and O–H groups in total. The third-order valence-corrected chi connectivity index (χ3v) is 5.07. The van der Waals surface area contributed by atoms with Gasteiger partial charge in [0.15, 0.2) is 12.4 Å². The summed E-state index contributed by atoms with van der Waals surface area (Å²) in [5.41, 5.74) is -0.160. The molecule has 0 aromatic rings. The normalized spacial score (nSPS) is 37.5. The molecule has 4 heteroatoms. The molecule has 3 saturated heterocycles. The van der Waals surface area contributed by atoms with Crippen molar-refractivity contribution in [2.24, 2.45) is 11.3 Å². The quantitative estimate of drug-likeness (QED) is 0.730. The summed E-state index contributed by atoms with van der Waals surface area (Å²) in [6.07, 6.45) is 4.65. The lowest BCUT2D eigenvalue weighted by atomic mass is 9.66. The predicted molar refractivity (Wildman–Crippen MR) is 74.1 cm³/mol. The van der Waals surface area contributed by atoms with Crippen molar-refractivity contribution in [3.63, 3.8) is 0 Å². The van der Waals surface area contributed by atoms with Gasteiger partial charge in [0.2, 0.25) is 0 Å². The molecule has 0 unspecified atom stereocenters. The molecule has 4 nitrogen and oxygen atoms in total. The van der Waals surface area contributed by atoms with Gasteiger partial charge in [0.1, 0.15) is 0 Å². The molecule has 4 rings (SSSR count). The van der Waals surface area contributed by atoms with Crippen LogP contribution < -0.4 is 0 Å². The van der Waals surface area contributed by atoms with Crippen LogP contribution in [0.4, 0.5) is 0 Å². The van der Waals surface area contributed by atoms with Crippen molar-refractivity contribution in [1.29, 1.82) is 0 Å². The van der Waals surface area contributed by atoms with Gasteiger partial charge >= 0.3 is 5.97 Å². The number of fused-ring (bicyclic) bond motifs is 2. The largest absolute Gasteiger partial charge is 0.461 e. The highest BCUT2D eigenvalue weighted by atomic mass is 16.7. The van der Waals surface area contributed by atoms with Crippen LogP contribution in [0.2, 0.25) is 0 Å². The zero-order valence-electron chi connectivity index (χ0n) is 13.0. The van der Waals surface area contributed by atoms with Gasteiger partial charge in [-0.1, -0.05) is 26.7 Å². The van der Waals surface area contributed by atoms with Crippen molar-refractivity contribution in [3.8, 4) is 0 Å². The maximum absolute atomic E-state index is 12.3. The second-order valence-electron chi connectivity index (χ2n) is 7.56. The van der Waals surface area contributed by atoms with Crippen LogP contribution in [0, 0.1) is 11.3 Å². The third kappa shape index (κ3) is 2.17. The van der Waals surface area contributed by atoms with E-state index in [9.17, 15) is 4.79 Å². The van der Waals surface area contributed by atoms with E-state index < -0.39 is 6.10 Å². The molecule has 0 aromatic heterocycles. The lowest BCUT2D eigenvalue weighted by Gasteiger charge is -2.58. The van der Waals surface area contributed by atoms with Crippen molar-refractivity contribution in [3.05, 3.63) is 0 Å². The van der Waals surface area contributed by atoms with Crippen LogP contribution >= 0.6 is 0 Å². The lowest BCUT2D eigenvalue weighted by molar-refractivity contribution is -0.374. The Labute approximate surface area is 121 Å². The lowest BCUT2D eigenvalue weighted by Crippen LogP contribution is -2.65. The summed E-state index contributed by atoms with van der Waals surface area (Å²) in [6.45, 7) is 8.09. The van der Waals surface area contributed by atoms with Crippen LogP contribution in [0.1, 0.15) is 59.8 Å². The number of hydrogen-bond donors (Lipinski definition) is 0. The number of esters is 1. The fraction of sp³-hybridized carbons (Fsp3) is 0.938. The molecule has 20 heavy (non-hydrogen) atoms. The highest BCUT2D eigenvalue weighted by molar-refractivity contribution is 5.76. The Balaban J connectivity index is 1.85. The fourth-order valence-electron chi connectivity index (χ4n) is 4.11. The Morgan fingerprint density at radius 3 is 2.45 bits per heavy atom. The van der Waals surface area contributed by atoms with Gasteiger partial charge < -0.3 is 14.2 Å². The first kappa shape index (κ1) is 14.3. The number of ether oxygens (including phenoxy) is 3. The number of carbonyl (C=O) groups is 1. The topological polar surface area (TPSA) is 44.8 Å². The summed E-state index contributed by atoms with van der Waals surface area (Å²) in [7, 11) is 0. The second-order valence-corrected chi connectivity index (χ2v) is 7.56. The summed E-state index contributed by atoms with van der Waals surface area (Å²) in [4.78, 5) is 12.3. The fourth-order valence-corrected chi connectivity index (χ4v) is 4.11. The van der Waals surface area contributed by atoms with Gasteiger partial charge in [-0.2, -0.15) is 0 Å². The summed E-state index contributed by atoms with van der Waals surface area (Å²) in [5.74, 6) is -0.0728. The van der Waals surface area contributed by atoms with E-state index in [4.69, 9.17) is 14.2 Å². The minimum absolute atomic E-state index is 0.0207. The van der Waals surface area contributed by atoms with Crippen molar-refractivity contribution in [2.45, 2.75) is 83.9 Å². The van der Waals surface area contributed by atoms with E-state index in [0.29, 0.717) is 0 Å². The first-order valence-corrected chi connectivity index (χ1v) is 7.88. The molecule has 1 aliphatic carbocycles. The maximum Gasteiger partial charge on any atom is 0.336 e. The molecule has 2 bridgehead atoms. The highest BCUT2D eigenvalue weighted by Crippen LogP contribution is 2.57. The number of rotatable bonds is 2. The van der Waals surface area contributed by atoms with E-state index in [-0.39, 0.29) is 35.3 Å². The van der Waals surface area contributed by atoms with Gasteiger partial charge in [-0.3, -0.25) is 0 Å². The first-order chi connectivity index (χ1) is 9.34. The molecule has 1 spiro atoms. The van der Waals surface area contributed by atoms with Crippen LogP contribution in [0.3, 0.4) is 0 Å². The minimum Gasteiger partial charge on any atom is -0.461 e. The van der Waals surface area contributed by atoms with E-state index >= 15 is 0 Å². The van der Waals surface area contributed by atoms with Gasteiger partial charge in [0, 0.05) is 11.3 Å². The minimum atomic E-state index is -0.442. The molecule has 1 saturated carbocycles. The highest BCUT2D eigenvalue weighted by Gasteiger charge is 2.62. The molecule has 4 aliphatic rings. The molecule has 0 radical (unpaired) electrons. The van der Waals surface area contributed by atoms with E-state index in [1.165, 1.54) is 12.8 Å². The summed E-state index contributed by atoms with van der Waals surface area (Å²) >= 11 is 0. The Bertz CT molecular complexity index is 395. The van der Waals surface area contributed by atoms with Gasteiger partial charge in [-0.25, -0.2) is 4.79 Å². The second kappa shape index (κ2) is 4.70. The monoisotopic (exact) mass is 282 g/mol. The maximum atomic E-state index is 12.3. The standard InChI is InChI=1S/C16H26O4/c1-10(2)18-13(17)12-11-9-15(3,4)14(19-12)20-16(11)7-5-6-8-16/h10-12,14H,5-9H2,1-4H3/t11-,12-,14+/m0/s1. The van der Waals surface area contributed by atoms with Crippen LogP contribution in [0.5, 0.6) is 0 Å². The van der Waals surface area contributed by atoms with Crippen LogP contribution in [0.25, 0.3) is 0 Å². The molecule has 4 fully saturated rings. The van der Waals surface area contributed by atoms with E-state index in [2.05, 4.69) is 13.8 Å². The van der Waals surface area contributed by atoms with E-state index in [0.717, 1.165) is 19.3 Å². The van der Waals surface area contributed by atoms with Crippen LogP contribution in [-0.4, -0.2) is 30.1 Å². The number of hydrogen-bond acceptors (Lipinski definition) is 4. The molecule has 0 aromatic carbocycles. The smallest absolute Gasteiger partial charge is 0.336 e. The zero-order valence-corrected chi connectivity index (χ0v) is 13.0. The molecule has 3 heterocycles. The van der Waals surface area contributed by atoms with E-state index in [1.807, 2.05) is 13.8 Å². The number of carbonyl (C=O) groups excluding carboxylic acids is 1. The van der Waals surface area contributed by atoms with Crippen molar-refractivity contribution in [1.82, 2.24) is 0 Å². The molecule has 3 atom stereocenters. The Morgan fingerprint density at radius 2 is 1.90 bits per heavy atom. The first-order valence-electron chi connectivity index (χ1n) is 7.88. The Hall–Kier alpha value is -0.610. The summed E-state index contributed by atoms with van der Waals surface area (Å²) < 4.78 is 17.7. The Kier molecular flexibility index (Phi) is 3.37. The van der Waals surface area contributed by atoms with Crippen molar-refractivity contribution < 1.29 is 19.0 Å². The average Bonchev–Trinajstić information content (AvgIpc) is 2.78. The Morgan fingerprint density at radius 1 is 1.25 bits per heavy atom.